The van der Waals surface area contributed by atoms with Gasteiger partial charge in [0.25, 0.3) is 5.91 Å². The van der Waals surface area contributed by atoms with Crippen LogP contribution in [0.3, 0.4) is 0 Å². The van der Waals surface area contributed by atoms with E-state index in [4.69, 9.17) is 4.74 Å². The van der Waals surface area contributed by atoms with Crippen molar-refractivity contribution in [3.8, 4) is 5.75 Å². The quantitative estimate of drug-likeness (QED) is 0.923. The Balaban J connectivity index is 2.02. The van der Waals surface area contributed by atoms with E-state index in [9.17, 15) is 9.59 Å². The molecule has 0 unspecified atom stereocenters. The fourth-order valence-corrected chi connectivity index (χ4v) is 2.96. The number of methoxy groups -OCH3 is 1. The number of anilines is 2. The molecule has 1 aromatic carbocycles. The number of amides is 2. The van der Waals surface area contributed by atoms with Crippen molar-refractivity contribution in [2.45, 2.75) is 0 Å². The van der Waals surface area contributed by atoms with Gasteiger partial charge in [0, 0.05) is 0 Å². The molecule has 1 N–H and O–H groups in total. The zero-order valence-corrected chi connectivity index (χ0v) is 11.6. The minimum Gasteiger partial charge on any atom is -0.495 e. The summed E-state index contributed by atoms with van der Waals surface area (Å²) in [5.74, 6) is 0.107. The zero-order valence-electron chi connectivity index (χ0n) is 10.8. The Kier molecular flexibility index (Phi) is 3.15. The molecule has 0 atom stereocenters. The normalized spacial score (nSPS) is 13.7. The van der Waals surface area contributed by atoms with Crippen LogP contribution in [0.4, 0.5) is 11.4 Å². The zero-order chi connectivity index (χ0) is 14.1. The van der Waals surface area contributed by atoms with E-state index in [1.807, 2.05) is 18.2 Å². The Morgan fingerprint density at radius 3 is 2.95 bits per heavy atom. The number of benzene rings is 1. The molecule has 0 saturated carbocycles. The highest BCUT2D eigenvalue weighted by Gasteiger charge is 2.29. The van der Waals surface area contributed by atoms with Crippen LogP contribution in [-0.2, 0) is 4.79 Å². The average Bonchev–Trinajstić information content (AvgIpc) is 2.94. The highest BCUT2D eigenvalue weighted by molar-refractivity contribution is 7.12. The van der Waals surface area contributed by atoms with Crippen molar-refractivity contribution in [1.82, 2.24) is 0 Å². The predicted octanol–water partition coefficient (Wildman–Crippen LogP) is 2.36. The lowest BCUT2D eigenvalue weighted by Crippen LogP contribution is -2.41. The third-order valence-electron chi connectivity index (χ3n) is 3.06. The summed E-state index contributed by atoms with van der Waals surface area (Å²) < 4.78 is 5.17. The highest BCUT2D eigenvalue weighted by atomic mass is 32.1. The topological polar surface area (TPSA) is 58.6 Å². The van der Waals surface area contributed by atoms with Gasteiger partial charge in [0.05, 0.1) is 18.5 Å². The first kappa shape index (κ1) is 12.7. The maximum absolute atomic E-state index is 12.6. The van der Waals surface area contributed by atoms with Gasteiger partial charge >= 0.3 is 0 Å². The second-order valence-electron chi connectivity index (χ2n) is 4.27. The largest absolute Gasteiger partial charge is 0.495 e. The third-order valence-corrected chi connectivity index (χ3v) is 3.94. The summed E-state index contributed by atoms with van der Waals surface area (Å²) in [5.41, 5.74) is 1.35. The van der Waals surface area contributed by atoms with Crippen LogP contribution in [-0.4, -0.2) is 25.5 Å². The summed E-state index contributed by atoms with van der Waals surface area (Å²) in [6.07, 6.45) is 0. The molecule has 6 heteroatoms. The molecule has 20 heavy (non-hydrogen) atoms. The molecular formula is C14H12N2O3S. The van der Waals surface area contributed by atoms with Crippen LogP contribution in [0.25, 0.3) is 0 Å². The van der Waals surface area contributed by atoms with E-state index in [0.29, 0.717) is 22.0 Å². The summed E-state index contributed by atoms with van der Waals surface area (Å²) in [6, 6.07) is 8.99. The van der Waals surface area contributed by atoms with Crippen molar-refractivity contribution in [2.75, 3.05) is 23.9 Å². The summed E-state index contributed by atoms with van der Waals surface area (Å²) in [5, 5.41) is 4.55. The lowest BCUT2D eigenvalue weighted by molar-refractivity contribution is -0.115. The molecule has 102 valence electrons. The van der Waals surface area contributed by atoms with Crippen molar-refractivity contribution in [2.24, 2.45) is 0 Å². The molecule has 0 radical (unpaired) electrons. The van der Waals surface area contributed by atoms with Crippen molar-refractivity contribution in [1.29, 1.82) is 0 Å². The standard InChI is InChI=1S/C14H12N2O3S/c1-19-11-6-7-20-13(11)14(18)16-8-12(17)15-9-4-2-3-5-10(9)16/h2-7H,8H2,1H3,(H,15,17). The van der Waals surface area contributed by atoms with Gasteiger partial charge in [0.2, 0.25) is 5.91 Å². The first-order chi connectivity index (χ1) is 9.70. The molecule has 1 aliphatic heterocycles. The summed E-state index contributed by atoms with van der Waals surface area (Å²) in [7, 11) is 1.52. The number of nitrogens with zero attached hydrogens (tertiary/aromatic N) is 1. The van der Waals surface area contributed by atoms with Crippen LogP contribution < -0.4 is 15.0 Å². The second kappa shape index (κ2) is 4.97. The molecule has 2 heterocycles. The van der Waals surface area contributed by atoms with E-state index in [1.165, 1.54) is 23.3 Å². The van der Waals surface area contributed by atoms with Crippen molar-refractivity contribution >= 4 is 34.5 Å². The Bertz CT molecular complexity index is 681. The van der Waals surface area contributed by atoms with Gasteiger partial charge in [-0.05, 0) is 23.6 Å². The van der Waals surface area contributed by atoms with E-state index in [2.05, 4.69) is 5.32 Å². The molecule has 0 aliphatic carbocycles. The second-order valence-corrected chi connectivity index (χ2v) is 5.19. The molecule has 0 spiro atoms. The van der Waals surface area contributed by atoms with Crippen LogP contribution in [0.1, 0.15) is 9.67 Å². The van der Waals surface area contributed by atoms with Gasteiger partial charge < -0.3 is 10.1 Å². The van der Waals surface area contributed by atoms with Crippen molar-refractivity contribution < 1.29 is 14.3 Å². The molecule has 2 aromatic rings. The SMILES string of the molecule is COc1ccsc1C(=O)N1CC(=O)Nc2ccccc21. The summed E-state index contributed by atoms with van der Waals surface area (Å²) in [6.45, 7) is 0.0108. The van der Waals surface area contributed by atoms with E-state index in [0.717, 1.165) is 0 Å². The number of fused-ring (bicyclic) bond motifs is 1. The fourth-order valence-electron chi connectivity index (χ4n) is 2.15. The Morgan fingerprint density at radius 1 is 1.35 bits per heavy atom. The number of para-hydroxylation sites is 2. The Labute approximate surface area is 119 Å². The molecular weight excluding hydrogens is 276 g/mol. The molecule has 3 rings (SSSR count). The number of carbonyl (C=O) groups excluding carboxylic acids is 2. The van der Waals surface area contributed by atoms with Gasteiger partial charge in [-0.2, -0.15) is 0 Å². The van der Waals surface area contributed by atoms with Crippen LogP contribution in [0.2, 0.25) is 0 Å². The number of hydrogen-bond acceptors (Lipinski definition) is 4. The minimum absolute atomic E-state index is 0.0108. The van der Waals surface area contributed by atoms with Gasteiger partial charge in [0.1, 0.15) is 17.2 Å². The lowest BCUT2D eigenvalue weighted by atomic mass is 10.2. The minimum atomic E-state index is -0.223. The first-order valence-electron chi connectivity index (χ1n) is 6.03. The number of nitrogens with one attached hydrogen (secondary N) is 1. The third kappa shape index (κ3) is 2.04. The maximum atomic E-state index is 12.6. The first-order valence-corrected chi connectivity index (χ1v) is 6.91. The Hall–Kier alpha value is -2.34. The molecule has 1 aliphatic rings. The van der Waals surface area contributed by atoms with E-state index >= 15 is 0 Å². The molecule has 1 aromatic heterocycles. The number of thiophene rings is 1. The van der Waals surface area contributed by atoms with Gasteiger partial charge in [-0.3, -0.25) is 14.5 Å². The van der Waals surface area contributed by atoms with Crippen molar-refractivity contribution in [3.63, 3.8) is 0 Å². The van der Waals surface area contributed by atoms with Gasteiger partial charge in [-0.15, -0.1) is 11.3 Å². The number of ether oxygens (including phenoxy) is 1. The number of hydrogen-bond donors (Lipinski definition) is 1. The van der Waals surface area contributed by atoms with Crippen LogP contribution in [0.15, 0.2) is 35.7 Å². The predicted molar refractivity (Wildman–Crippen MR) is 77.6 cm³/mol. The molecule has 2 amide bonds. The lowest BCUT2D eigenvalue weighted by Gasteiger charge is -2.28. The van der Waals surface area contributed by atoms with E-state index in [-0.39, 0.29) is 18.4 Å². The van der Waals surface area contributed by atoms with Crippen LogP contribution in [0, 0.1) is 0 Å². The highest BCUT2D eigenvalue weighted by Crippen LogP contribution is 2.33. The van der Waals surface area contributed by atoms with E-state index < -0.39 is 0 Å². The average molecular weight is 288 g/mol. The molecule has 0 bridgehead atoms. The summed E-state index contributed by atoms with van der Waals surface area (Å²) in [4.78, 5) is 26.3. The smallest absolute Gasteiger partial charge is 0.272 e. The van der Waals surface area contributed by atoms with Gasteiger partial charge in [0.15, 0.2) is 0 Å². The number of carbonyl (C=O) groups is 2. The Morgan fingerprint density at radius 2 is 2.15 bits per heavy atom. The molecule has 5 nitrogen and oxygen atoms in total. The fraction of sp³-hybridized carbons (Fsp3) is 0.143. The molecule has 0 saturated heterocycles. The van der Waals surface area contributed by atoms with E-state index in [1.54, 1.807) is 17.5 Å². The maximum Gasteiger partial charge on any atom is 0.272 e. The van der Waals surface area contributed by atoms with Crippen LogP contribution >= 0.6 is 11.3 Å². The monoisotopic (exact) mass is 288 g/mol. The number of rotatable bonds is 2. The summed E-state index contributed by atoms with van der Waals surface area (Å²) >= 11 is 1.30. The van der Waals surface area contributed by atoms with Gasteiger partial charge in [-0.25, -0.2) is 0 Å². The van der Waals surface area contributed by atoms with Crippen molar-refractivity contribution in [3.05, 3.63) is 40.6 Å². The van der Waals surface area contributed by atoms with Gasteiger partial charge in [-0.1, -0.05) is 12.1 Å². The molecule has 0 fully saturated rings. The van der Waals surface area contributed by atoms with Crippen LogP contribution in [0.5, 0.6) is 5.75 Å².